The Kier molecular flexibility index (Phi) is 6.86. The molecule has 1 aromatic carbocycles. The summed E-state index contributed by atoms with van der Waals surface area (Å²) in [7, 11) is 3.39. The smallest absolute Gasteiger partial charge is 0.124 e. The molecule has 3 nitrogen and oxygen atoms in total. The van der Waals surface area contributed by atoms with Crippen molar-refractivity contribution in [3.63, 3.8) is 0 Å². The van der Waals surface area contributed by atoms with Crippen LogP contribution < -0.4 is 10.1 Å². The Labute approximate surface area is 127 Å². The maximum Gasteiger partial charge on any atom is 0.124 e. The van der Waals surface area contributed by atoms with Crippen molar-refractivity contribution >= 4 is 11.8 Å². The molecule has 0 aliphatic heterocycles. The van der Waals surface area contributed by atoms with Gasteiger partial charge in [-0.05, 0) is 44.7 Å². The van der Waals surface area contributed by atoms with Crippen LogP contribution in [0.25, 0.3) is 0 Å². The van der Waals surface area contributed by atoms with Gasteiger partial charge in [0.05, 0.1) is 13.7 Å². The Balaban J connectivity index is 2.77. The third-order valence-corrected chi connectivity index (χ3v) is 4.74. The second-order valence-corrected chi connectivity index (χ2v) is 7.08. The zero-order valence-electron chi connectivity index (χ0n) is 13.4. The second-order valence-electron chi connectivity index (χ2n) is 5.57. The summed E-state index contributed by atoms with van der Waals surface area (Å²) in [6.07, 6.45) is 2.15. The molecular weight excluding hydrogens is 270 g/mol. The maximum absolute atomic E-state index is 5.36. The van der Waals surface area contributed by atoms with E-state index < -0.39 is 0 Å². The predicted octanol–water partition coefficient (Wildman–Crippen LogP) is 3.63. The fourth-order valence-electron chi connectivity index (χ4n) is 1.93. The quantitative estimate of drug-likeness (QED) is 0.793. The lowest BCUT2D eigenvalue weighted by atomic mass is 10.0. The lowest BCUT2D eigenvalue weighted by Gasteiger charge is -2.25. The van der Waals surface area contributed by atoms with E-state index in [4.69, 9.17) is 9.47 Å². The standard InChI is InChI=1S/C16H27NO2S/c1-12(17-11-16(2,3)20-6)13-7-8-15(19-5)14(9-13)10-18-4/h7-9,12,17H,10-11H2,1-6H3. The average molecular weight is 297 g/mol. The molecule has 0 aliphatic rings. The molecule has 1 atom stereocenters. The van der Waals surface area contributed by atoms with E-state index in [9.17, 15) is 0 Å². The van der Waals surface area contributed by atoms with E-state index in [0.29, 0.717) is 12.6 Å². The molecule has 114 valence electrons. The van der Waals surface area contributed by atoms with Gasteiger partial charge < -0.3 is 14.8 Å². The van der Waals surface area contributed by atoms with E-state index in [1.165, 1.54) is 5.56 Å². The van der Waals surface area contributed by atoms with Crippen LogP contribution in [0.5, 0.6) is 5.75 Å². The number of methoxy groups -OCH3 is 2. The largest absolute Gasteiger partial charge is 0.496 e. The summed E-state index contributed by atoms with van der Waals surface area (Å²) in [5.74, 6) is 0.882. The monoisotopic (exact) mass is 297 g/mol. The van der Waals surface area contributed by atoms with E-state index in [2.05, 4.69) is 44.5 Å². The first-order valence-corrected chi connectivity index (χ1v) is 8.10. The van der Waals surface area contributed by atoms with Crippen LogP contribution in [0, 0.1) is 0 Å². The molecule has 0 spiro atoms. The molecule has 0 saturated heterocycles. The van der Waals surface area contributed by atoms with Crippen molar-refractivity contribution in [1.82, 2.24) is 5.32 Å². The van der Waals surface area contributed by atoms with Gasteiger partial charge in [-0.25, -0.2) is 0 Å². The van der Waals surface area contributed by atoms with Gasteiger partial charge >= 0.3 is 0 Å². The molecule has 1 unspecified atom stereocenters. The molecule has 0 amide bonds. The van der Waals surface area contributed by atoms with Gasteiger partial charge in [0.2, 0.25) is 0 Å². The topological polar surface area (TPSA) is 30.5 Å². The van der Waals surface area contributed by atoms with Crippen molar-refractivity contribution in [2.45, 2.75) is 38.2 Å². The Morgan fingerprint density at radius 1 is 1.30 bits per heavy atom. The molecule has 4 heteroatoms. The van der Waals surface area contributed by atoms with Gasteiger partial charge in [-0.3, -0.25) is 0 Å². The molecule has 1 aromatic rings. The highest BCUT2D eigenvalue weighted by Gasteiger charge is 2.17. The zero-order chi connectivity index (χ0) is 15.2. The van der Waals surface area contributed by atoms with Gasteiger partial charge in [0, 0.05) is 30.0 Å². The first kappa shape index (κ1) is 17.3. The van der Waals surface area contributed by atoms with Gasteiger partial charge in [0.1, 0.15) is 5.75 Å². The second kappa shape index (κ2) is 7.91. The molecule has 0 saturated carbocycles. The lowest BCUT2D eigenvalue weighted by Crippen LogP contribution is -2.33. The fourth-order valence-corrected chi connectivity index (χ4v) is 2.15. The summed E-state index contributed by atoms with van der Waals surface area (Å²) in [5.41, 5.74) is 2.35. The van der Waals surface area contributed by atoms with Gasteiger partial charge in [0.25, 0.3) is 0 Å². The van der Waals surface area contributed by atoms with Crippen molar-refractivity contribution in [2.24, 2.45) is 0 Å². The first-order valence-electron chi connectivity index (χ1n) is 6.88. The maximum atomic E-state index is 5.36. The lowest BCUT2D eigenvalue weighted by molar-refractivity contribution is 0.181. The molecule has 0 aliphatic carbocycles. The van der Waals surface area contributed by atoms with Crippen molar-refractivity contribution in [2.75, 3.05) is 27.0 Å². The van der Waals surface area contributed by atoms with Crippen molar-refractivity contribution in [1.29, 1.82) is 0 Å². The van der Waals surface area contributed by atoms with Gasteiger partial charge in [-0.2, -0.15) is 11.8 Å². The Hall–Kier alpha value is -0.710. The molecule has 0 bridgehead atoms. The van der Waals surface area contributed by atoms with E-state index in [0.717, 1.165) is 17.9 Å². The van der Waals surface area contributed by atoms with Crippen LogP contribution in [-0.4, -0.2) is 31.8 Å². The van der Waals surface area contributed by atoms with E-state index in [1.807, 2.05) is 17.8 Å². The number of ether oxygens (including phenoxy) is 2. The Bertz CT molecular complexity index is 421. The molecule has 0 fully saturated rings. The minimum absolute atomic E-state index is 0.246. The van der Waals surface area contributed by atoms with Crippen LogP contribution in [0.1, 0.15) is 37.9 Å². The third-order valence-electron chi connectivity index (χ3n) is 3.49. The van der Waals surface area contributed by atoms with Crippen LogP contribution in [0.3, 0.4) is 0 Å². The number of rotatable bonds is 8. The fraction of sp³-hybridized carbons (Fsp3) is 0.625. The number of nitrogens with one attached hydrogen (secondary N) is 1. The average Bonchev–Trinajstić information content (AvgIpc) is 2.45. The molecule has 0 aromatic heterocycles. The van der Waals surface area contributed by atoms with Gasteiger partial charge in [-0.1, -0.05) is 6.07 Å². The van der Waals surface area contributed by atoms with Crippen LogP contribution in [0.4, 0.5) is 0 Å². The van der Waals surface area contributed by atoms with Gasteiger partial charge in [-0.15, -0.1) is 0 Å². The summed E-state index contributed by atoms with van der Waals surface area (Å²) in [6, 6.07) is 6.60. The summed E-state index contributed by atoms with van der Waals surface area (Å²) in [5, 5.41) is 3.59. The zero-order valence-corrected chi connectivity index (χ0v) is 14.3. The first-order chi connectivity index (χ1) is 9.43. The SMILES string of the molecule is COCc1cc(C(C)NCC(C)(C)SC)ccc1OC. The Morgan fingerprint density at radius 3 is 2.55 bits per heavy atom. The van der Waals surface area contributed by atoms with Crippen LogP contribution in [0.2, 0.25) is 0 Å². The molecular formula is C16H27NO2S. The molecule has 1 N–H and O–H groups in total. The summed E-state index contributed by atoms with van der Waals surface area (Å²) in [6.45, 7) is 8.24. The number of benzene rings is 1. The summed E-state index contributed by atoms with van der Waals surface area (Å²) < 4.78 is 10.8. The van der Waals surface area contributed by atoms with Crippen LogP contribution >= 0.6 is 11.8 Å². The molecule has 1 rings (SSSR count). The van der Waals surface area contributed by atoms with Gasteiger partial charge in [0.15, 0.2) is 0 Å². The van der Waals surface area contributed by atoms with Crippen LogP contribution in [-0.2, 0) is 11.3 Å². The normalized spacial score (nSPS) is 13.3. The minimum Gasteiger partial charge on any atom is -0.496 e. The van der Waals surface area contributed by atoms with E-state index >= 15 is 0 Å². The van der Waals surface area contributed by atoms with E-state index in [-0.39, 0.29) is 4.75 Å². The number of thioether (sulfide) groups is 1. The molecule has 20 heavy (non-hydrogen) atoms. The van der Waals surface area contributed by atoms with Crippen molar-refractivity contribution < 1.29 is 9.47 Å². The highest BCUT2D eigenvalue weighted by Crippen LogP contribution is 2.25. The van der Waals surface area contributed by atoms with Crippen molar-refractivity contribution in [3.8, 4) is 5.75 Å². The number of hydrogen-bond donors (Lipinski definition) is 1. The van der Waals surface area contributed by atoms with Crippen LogP contribution in [0.15, 0.2) is 18.2 Å². The van der Waals surface area contributed by atoms with E-state index in [1.54, 1.807) is 14.2 Å². The highest BCUT2D eigenvalue weighted by atomic mass is 32.2. The predicted molar refractivity (Wildman–Crippen MR) is 87.7 cm³/mol. The minimum atomic E-state index is 0.246. The summed E-state index contributed by atoms with van der Waals surface area (Å²) >= 11 is 1.88. The number of hydrogen-bond acceptors (Lipinski definition) is 4. The summed E-state index contributed by atoms with van der Waals surface area (Å²) in [4.78, 5) is 0. The molecule has 0 radical (unpaired) electrons. The van der Waals surface area contributed by atoms with Crippen molar-refractivity contribution in [3.05, 3.63) is 29.3 Å². The third kappa shape index (κ3) is 5.00. The Morgan fingerprint density at radius 2 is 2.00 bits per heavy atom. The molecule has 0 heterocycles. The highest BCUT2D eigenvalue weighted by molar-refractivity contribution is 7.99.